The zero-order chi connectivity index (χ0) is 19.3. The number of likely N-dealkylation sites (N-methyl/N-ethyl adjacent to an activating group) is 1. The van der Waals surface area contributed by atoms with E-state index in [9.17, 15) is 18.0 Å². The van der Waals surface area contributed by atoms with Gasteiger partial charge in [-0.05, 0) is 31.0 Å². The van der Waals surface area contributed by atoms with E-state index in [0.717, 1.165) is 12.8 Å². The summed E-state index contributed by atoms with van der Waals surface area (Å²) in [5.74, 6) is -0.567. The quantitative estimate of drug-likeness (QED) is 0.762. The second kappa shape index (κ2) is 8.61. The Kier molecular flexibility index (Phi) is 6.74. The lowest BCUT2D eigenvalue weighted by Gasteiger charge is -2.31. The lowest BCUT2D eigenvalue weighted by atomic mass is 10.1. The Balaban J connectivity index is 2.09. The van der Waals surface area contributed by atoms with Crippen molar-refractivity contribution in [2.45, 2.75) is 23.8 Å². The van der Waals surface area contributed by atoms with Crippen LogP contribution in [0.15, 0.2) is 29.2 Å². The highest BCUT2D eigenvalue weighted by atomic mass is 32.2. The highest BCUT2D eigenvalue weighted by molar-refractivity contribution is 7.89. The van der Waals surface area contributed by atoms with Gasteiger partial charge in [-0.15, -0.1) is 0 Å². The van der Waals surface area contributed by atoms with Crippen LogP contribution in [-0.2, 0) is 19.6 Å². The van der Waals surface area contributed by atoms with Crippen LogP contribution in [0.2, 0.25) is 0 Å². The molecule has 0 aromatic heterocycles. The van der Waals surface area contributed by atoms with Gasteiger partial charge in [-0.3, -0.25) is 9.59 Å². The van der Waals surface area contributed by atoms with Crippen molar-refractivity contribution in [3.8, 4) is 0 Å². The average molecular weight is 383 g/mol. The number of nitrogens with zero attached hydrogens (tertiary/aromatic N) is 2. The smallest absolute Gasteiger partial charge is 0.253 e. The fourth-order valence-electron chi connectivity index (χ4n) is 2.67. The maximum atomic E-state index is 12.6. The molecule has 0 radical (unpaired) electrons. The molecule has 144 valence electrons. The van der Waals surface area contributed by atoms with Crippen molar-refractivity contribution >= 4 is 21.8 Å². The number of carbonyl (C=O) groups is 2. The minimum atomic E-state index is -3.88. The van der Waals surface area contributed by atoms with Crippen molar-refractivity contribution in [2.24, 2.45) is 0 Å². The molecule has 0 aliphatic carbocycles. The minimum absolute atomic E-state index is 0.0401. The number of likely N-dealkylation sites (tertiary alicyclic amines) is 1. The molecule has 0 spiro atoms. The van der Waals surface area contributed by atoms with Crippen LogP contribution in [0.25, 0.3) is 0 Å². The molecule has 1 aliphatic heterocycles. The van der Waals surface area contributed by atoms with E-state index in [4.69, 9.17) is 4.74 Å². The number of benzene rings is 1. The normalized spacial score (nSPS) is 15.7. The van der Waals surface area contributed by atoms with Crippen LogP contribution < -0.4 is 4.72 Å². The first kappa shape index (κ1) is 20.3. The van der Waals surface area contributed by atoms with Crippen molar-refractivity contribution in [2.75, 3.05) is 40.8 Å². The van der Waals surface area contributed by atoms with E-state index in [2.05, 4.69) is 4.72 Å². The largest absolute Gasteiger partial charge is 0.381 e. The van der Waals surface area contributed by atoms with Gasteiger partial charge in [0, 0.05) is 39.9 Å². The summed E-state index contributed by atoms with van der Waals surface area (Å²) in [6.07, 6.45) is 1.67. The second-order valence-corrected chi connectivity index (χ2v) is 8.13. The zero-order valence-electron chi connectivity index (χ0n) is 15.3. The summed E-state index contributed by atoms with van der Waals surface area (Å²) in [6, 6.07) is 5.86. The number of piperidine rings is 1. The lowest BCUT2D eigenvalue weighted by Crippen LogP contribution is -2.40. The number of carbonyl (C=O) groups excluding carboxylic acids is 2. The molecule has 1 aromatic rings. The third-order valence-electron chi connectivity index (χ3n) is 4.37. The summed E-state index contributed by atoms with van der Waals surface area (Å²) in [5.41, 5.74) is 0.308. The van der Waals surface area contributed by atoms with Crippen LogP contribution in [0.1, 0.15) is 23.2 Å². The van der Waals surface area contributed by atoms with Crippen molar-refractivity contribution in [1.29, 1.82) is 0 Å². The van der Waals surface area contributed by atoms with Gasteiger partial charge in [0.25, 0.3) is 5.91 Å². The molecule has 0 unspecified atom stereocenters. The van der Waals surface area contributed by atoms with Crippen LogP contribution in [-0.4, -0.2) is 77.0 Å². The number of ether oxygens (including phenoxy) is 1. The van der Waals surface area contributed by atoms with Gasteiger partial charge in [0.1, 0.15) is 0 Å². The number of hydrogen-bond donors (Lipinski definition) is 1. The molecule has 26 heavy (non-hydrogen) atoms. The summed E-state index contributed by atoms with van der Waals surface area (Å²) in [6.45, 7) is 0.811. The second-order valence-electron chi connectivity index (χ2n) is 6.37. The van der Waals surface area contributed by atoms with Gasteiger partial charge >= 0.3 is 0 Å². The van der Waals surface area contributed by atoms with Crippen molar-refractivity contribution in [3.05, 3.63) is 29.8 Å². The highest BCUT2D eigenvalue weighted by Crippen LogP contribution is 2.18. The summed E-state index contributed by atoms with van der Waals surface area (Å²) < 4.78 is 32.3. The SMILES string of the molecule is COC1CCN(C(=O)c2cccc(S(=O)(=O)NCC(=O)N(C)C)c2)CC1. The van der Waals surface area contributed by atoms with Gasteiger partial charge in [-0.25, -0.2) is 13.1 Å². The third kappa shape index (κ3) is 5.03. The van der Waals surface area contributed by atoms with Gasteiger partial charge in [-0.2, -0.15) is 0 Å². The number of methoxy groups -OCH3 is 1. The predicted molar refractivity (Wildman–Crippen MR) is 96.3 cm³/mol. The van der Waals surface area contributed by atoms with Gasteiger partial charge in [0.15, 0.2) is 0 Å². The molecule has 1 fully saturated rings. The highest BCUT2D eigenvalue weighted by Gasteiger charge is 2.24. The Hall–Kier alpha value is -1.97. The summed E-state index contributed by atoms with van der Waals surface area (Å²) in [7, 11) is 0.869. The first-order valence-corrected chi connectivity index (χ1v) is 9.85. The maximum Gasteiger partial charge on any atom is 0.253 e. The van der Waals surface area contributed by atoms with E-state index in [1.165, 1.54) is 23.1 Å². The maximum absolute atomic E-state index is 12.6. The number of hydrogen-bond acceptors (Lipinski definition) is 5. The Morgan fingerprint density at radius 1 is 1.27 bits per heavy atom. The molecule has 1 N–H and O–H groups in total. The van der Waals surface area contributed by atoms with Gasteiger partial charge in [-0.1, -0.05) is 6.07 Å². The molecule has 0 atom stereocenters. The van der Waals surface area contributed by atoms with Crippen molar-refractivity contribution < 1.29 is 22.7 Å². The molecule has 1 heterocycles. The number of amides is 2. The van der Waals surface area contributed by atoms with Crippen LogP contribution in [0.5, 0.6) is 0 Å². The molecule has 1 aliphatic rings. The van der Waals surface area contributed by atoms with Crippen LogP contribution in [0, 0.1) is 0 Å². The third-order valence-corrected chi connectivity index (χ3v) is 5.76. The fraction of sp³-hybridized carbons (Fsp3) is 0.529. The van der Waals surface area contributed by atoms with E-state index in [1.54, 1.807) is 32.2 Å². The molecule has 1 aromatic carbocycles. The molecule has 2 rings (SSSR count). The zero-order valence-corrected chi connectivity index (χ0v) is 16.1. The van der Waals surface area contributed by atoms with Crippen molar-refractivity contribution in [1.82, 2.24) is 14.5 Å². The van der Waals surface area contributed by atoms with Crippen molar-refractivity contribution in [3.63, 3.8) is 0 Å². The van der Waals surface area contributed by atoms with Crippen LogP contribution in [0.4, 0.5) is 0 Å². The first-order chi connectivity index (χ1) is 12.2. The van der Waals surface area contributed by atoms with E-state index >= 15 is 0 Å². The summed E-state index contributed by atoms with van der Waals surface area (Å²) >= 11 is 0. The number of sulfonamides is 1. The average Bonchev–Trinajstić information content (AvgIpc) is 2.65. The standard InChI is InChI=1S/C17H25N3O5S/c1-19(2)16(21)12-18-26(23,24)15-6-4-5-13(11-15)17(22)20-9-7-14(25-3)8-10-20/h4-6,11,14,18H,7-10,12H2,1-3H3. The van der Waals surface area contributed by atoms with E-state index < -0.39 is 10.0 Å². The Bertz CT molecular complexity index is 755. The lowest BCUT2D eigenvalue weighted by molar-refractivity contribution is -0.127. The number of rotatable bonds is 6. The minimum Gasteiger partial charge on any atom is -0.381 e. The number of nitrogens with one attached hydrogen (secondary N) is 1. The van der Waals surface area contributed by atoms with E-state index in [-0.39, 0.29) is 29.4 Å². The molecule has 9 heteroatoms. The molecular formula is C17H25N3O5S. The fourth-order valence-corrected chi connectivity index (χ4v) is 3.69. The predicted octanol–water partition coefficient (Wildman–Crippen LogP) is 0.304. The molecule has 1 saturated heterocycles. The molecule has 0 bridgehead atoms. The van der Waals surface area contributed by atoms with Gasteiger partial charge in [0.05, 0.1) is 17.5 Å². The summed E-state index contributed by atoms with van der Waals surface area (Å²) in [5, 5.41) is 0. The van der Waals surface area contributed by atoms with Crippen LogP contribution >= 0.6 is 0 Å². The first-order valence-electron chi connectivity index (χ1n) is 8.36. The molecule has 8 nitrogen and oxygen atoms in total. The molecule has 2 amide bonds. The summed E-state index contributed by atoms with van der Waals surface area (Å²) in [4.78, 5) is 27.2. The Morgan fingerprint density at radius 3 is 2.50 bits per heavy atom. The monoisotopic (exact) mass is 383 g/mol. The molecular weight excluding hydrogens is 358 g/mol. The van der Waals surface area contributed by atoms with Gasteiger partial charge in [0.2, 0.25) is 15.9 Å². The van der Waals surface area contributed by atoms with Crippen LogP contribution in [0.3, 0.4) is 0 Å². The topological polar surface area (TPSA) is 96.0 Å². The molecule has 0 saturated carbocycles. The Labute approximate surface area is 154 Å². The van der Waals surface area contributed by atoms with Gasteiger partial charge < -0.3 is 14.5 Å². The van der Waals surface area contributed by atoms with E-state index in [0.29, 0.717) is 18.7 Å². The Morgan fingerprint density at radius 2 is 1.92 bits per heavy atom. The van der Waals surface area contributed by atoms with E-state index in [1.807, 2.05) is 0 Å².